The molecule has 0 fully saturated rings. The van der Waals surface area contributed by atoms with Crippen molar-refractivity contribution in [1.29, 1.82) is 5.26 Å². The normalized spacial score (nSPS) is 11.2. The first kappa shape index (κ1) is 14.4. The van der Waals surface area contributed by atoms with E-state index in [0.717, 1.165) is 0 Å². The maximum absolute atomic E-state index is 10.9. The molecule has 0 unspecified atom stereocenters. The third kappa shape index (κ3) is 3.04. The van der Waals surface area contributed by atoms with Crippen molar-refractivity contribution < 1.29 is 14.3 Å². The first-order chi connectivity index (χ1) is 11.2. The number of oxazole rings is 1. The second kappa shape index (κ2) is 6.03. The minimum absolute atomic E-state index is 0.156. The van der Waals surface area contributed by atoms with Gasteiger partial charge in [0.1, 0.15) is 17.2 Å². The van der Waals surface area contributed by atoms with Crippen LogP contribution in [-0.2, 0) is 0 Å². The molecule has 0 bridgehead atoms. The Bertz CT molecular complexity index is 918. The molecule has 0 spiro atoms. The molecule has 2 aromatic carbocycles. The summed E-state index contributed by atoms with van der Waals surface area (Å²) in [6.07, 6.45) is 1.44. The van der Waals surface area contributed by atoms with Crippen molar-refractivity contribution in [1.82, 2.24) is 4.98 Å². The Kier molecular flexibility index (Phi) is 3.77. The van der Waals surface area contributed by atoms with E-state index >= 15 is 0 Å². The van der Waals surface area contributed by atoms with Gasteiger partial charge in [-0.2, -0.15) is 5.26 Å². The minimum atomic E-state index is -1.02. The molecule has 0 aliphatic heterocycles. The number of anilines is 1. The fourth-order valence-electron chi connectivity index (χ4n) is 2.03. The highest BCUT2D eigenvalue weighted by atomic mass is 16.4. The number of carboxylic acids is 1. The molecule has 0 atom stereocenters. The van der Waals surface area contributed by atoms with Crippen LogP contribution in [0.25, 0.3) is 16.7 Å². The molecular formula is C17H11N3O3. The van der Waals surface area contributed by atoms with Crippen LogP contribution in [0.4, 0.5) is 5.69 Å². The van der Waals surface area contributed by atoms with Crippen molar-refractivity contribution in [3.8, 4) is 6.07 Å². The van der Waals surface area contributed by atoms with Crippen molar-refractivity contribution in [3.05, 3.63) is 66.2 Å². The largest absolute Gasteiger partial charge is 0.478 e. The summed E-state index contributed by atoms with van der Waals surface area (Å²) in [4.78, 5) is 15.2. The number of benzene rings is 2. The molecule has 112 valence electrons. The standard InChI is InChI=1S/C17H11N3O3/c18-9-12(16-20-14-6-1-2-7-15(14)23-16)10-19-13-5-3-4-11(8-13)17(21)22/h1-8,10,19H,(H,21,22). The number of rotatable bonds is 4. The van der Waals surface area contributed by atoms with Gasteiger partial charge in [-0.05, 0) is 30.3 Å². The molecule has 3 aromatic rings. The molecule has 0 saturated heterocycles. The Morgan fingerprint density at radius 3 is 2.83 bits per heavy atom. The number of fused-ring (bicyclic) bond motifs is 1. The number of para-hydroxylation sites is 2. The molecule has 0 saturated carbocycles. The number of hydrogen-bond acceptors (Lipinski definition) is 5. The van der Waals surface area contributed by atoms with E-state index in [-0.39, 0.29) is 17.0 Å². The maximum atomic E-state index is 10.9. The van der Waals surface area contributed by atoms with Crippen LogP contribution in [0.2, 0.25) is 0 Å². The van der Waals surface area contributed by atoms with Crippen LogP contribution in [0.3, 0.4) is 0 Å². The lowest BCUT2D eigenvalue weighted by atomic mass is 10.2. The maximum Gasteiger partial charge on any atom is 0.335 e. The molecular weight excluding hydrogens is 294 g/mol. The Balaban J connectivity index is 1.89. The summed E-state index contributed by atoms with van der Waals surface area (Å²) < 4.78 is 5.54. The van der Waals surface area contributed by atoms with Crippen LogP contribution < -0.4 is 5.32 Å². The van der Waals surface area contributed by atoms with Crippen LogP contribution in [0, 0.1) is 11.3 Å². The molecule has 2 N–H and O–H groups in total. The highest BCUT2D eigenvalue weighted by Gasteiger charge is 2.10. The third-order valence-corrected chi connectivity index (χ3v) is 3.14. The first-order valence-electron chi connectivity index (χ1n) is 6.73. The summed E-state index contributed by atoms with van der Waals surface area (Å²) in [6.45, 7) is 0. The first-order valence-corrected chi connectivity index (χ1v) is 6.73. The molecule has 3 rings (SSSR count). The van der Waals surface area contributed by atoms with E-state index in [1.807, 2.05) is 18.2 Å². The van der Waals surface area contributed by atoms with Gasteiger partial charge in [0.2, 0.25) is 5.89 Å². The molecule has 0 radical (unpaired) electrons. The summed E-state index contributed by atoms with van der Waals surface area (Å²) in [5.41, 5.74) is 2.17. The van der Waals surface area contributed by atoms with Crippen LogP contribution >= 0.6 is 0 Å². The highest BCUT2D eigenvalue weighted by molar-refractivity contribution is 5.89. The lowest BCUT2D eigenvalue weighted by Crippen LogP contribution is -1.97. The van der Waals surface area contributed by atoms with Gasteiger partial charge in [0.25, 0.3) is 0 Å². The Morgan fingerprint density at radius 1 is 1.26 bits per heavy atom. The van der Waals surface area contributed by atoms with Crippen molar-refractivity contribution in [2.75, 3.05) is 5.32 Å². The number of aromatic nitrogens is 1. The fraction of sp³-hybridized carbons (Fsp3) is 0. The van der Waals surface area contributed by atoms with Crippen molar-refractivity contribution >= 4 is 28.3 Å². The second-order valence-electron chi connectivity index (χ2n) is 4.69. The van der Waals surface area contributed by atoms with Crippen LogP contribution in [0.1, 0.15) is 16.2 Å². The lowest BCUT2D eigenvalue weighted by molar-refractivity contribution is 0.0697. The van der Waals surface area contributed by atoms with Crippen LogP contribution in [0.15, 0.2) is 59.1 Å². The van der Waals surface area contributed by atoms with Crippen LogP contribution in [0.5, 0.6) is 0 Å². The Hall–Kier alpha value is -3.59. The SMILES string of the molecule is N#CC(=CNc1cccc(C(=O)O)c1)c1nc2ccccc2o1. The predicted octanol–water partition coefficient (Wildman–Crippen LogP) is 3.50. The zero-order valence-electron chi connectivity index (χ0n) is 11.9. The van der Waals surface area contributed by atoms with Gasteiger partial charge in [-0.1, -0.05) is 18.2 Å². The van der Waals surface area contributed by atoms with E-state index in [9.17, 15) is 10.1 Å². The predicted molar refractivity (Wildman–Crippen MR) is 84.6 cm³/mol. The molecule has 0 aliphatic rings. The molecule has 6 nitrogen and oxygen atoms in total. The van der Waals surface area contributed by atoms with Gasteiger partial charge >= 0.3 is 5.97 Å². The minimum Gasteiger partial charge on any atom is -0.478 e. The van der Waals surface area contributed by atoms with E-state index in [1.54, 1.807) is 24.3 Å². The van der Waals surface area contributed by atoms with E-state index in [4.69, 9.17) is 9.52 Å². The van der Waals surface area contributed by atoms with Crippen molar-refractivity contribution in [3.63, 3.8) is 0 Å². The number of aromatic carboxylic acids is 1. The average Bonchev–Trinajstić information content (AvgIpc) is 2.99. The molecule has 1 heterocycles. The molecule has 0 aliphatic carbocycles. The van der Waals surface area contributed by atoms with Gasteiger partial charge in [-0.25, -0.2) is 9.78 Å². The number of nitrogens with zero attached hydrogens (tertiary/aromatic N) is 2. The fourth-order valence-corrected chi connectivity index (χ4v) is 2.03. The summed E-state index contributed by atoms with van der Waals surface area (Å²) in [5.74, 6) is -0.812. The third-order valence-electron chi connectivity index (χ3n) is 3.14. The molecule has 1 aromatic heterocycles. The number of allylic oxidation sites excluding steroid dienone is 1. The van der Waals surface area contributed by atoms with Gasteiger partial charge in [0, 0.05) is 11.9 Å². The number of nitrogens with one attached hydrogen (secondary N) is 1. The van der Waals surface area contributed by atoms with Crippen LogP contribution in [-0.4, -0.2) is 16.1 Å². The average molecular weight is 305 g/mol. The lowest BCUT2D eigenvalue weighted by Gasteiger charge is -2.02. The zero-order valence-corrected chi connectivity index (χ0v) is 11.9. The van der Waals surface area contributed by atoms with E-state index in [1.165, 1.54) is 18.3 Å². The van der Waals surface area contributed by atoms with Crippen molar-refractivity contribution in [2.24, 2.45) is 0 Å². The number of carbonyl (C=O) groups is 1. The van der Waals surface area contributed by atoms with Gasteiger partial charge in [0.05, 0.1) is 5.56 Å². The summed E-state index contributed by atoms with van der Waals surface area (Å²) >= 11 is 0. The van der Waals surface area contributed by atoms with Gasteiger partial charge in [0.15, 0.2) is 5.58 Å². The highest BCUT2D eigenvalue weighted by Crippen LogP contribution is 2.21. The quantitative estimate of drug-likeness (QED) is 0.716. The van der Waals surface area contributed by atoms with Crippen molar-refractivity contribution in [2.45, 2.75) is 0 Å². The topological polar surface area (TPSA) is 99.2 Å². The molecule has 0 amide bonds. The summed E-state index contributed by atoms with van der Waals surface area (Å²) in [5, 5.41) is 21.1. The van der Waals surface area contributed by atoms with Gasteiger partial charge < -0.3 is 14.8 Å². The Labute approximate surface area is 131 Å². The summed E-state index contributed by atoms with van der Waals surface area (Å²) in [6, 6.07) is 15.5. The molecule has 6 heteroatoms. The number of nitriles is 1. The number of hydrogen-bond donors (Lipinski definition) is 2. The van der Waals surface area contributed by atoms with E-state index in [2.05, 4.69) is 10.3 Å². The number of carboxylic acid groups (broad SMARTS) is 1. The van der Waals surface area contributed by atoms with Gasteiger partial charge in [-0.15, -0.1) is 0 Å². The monoisotopic (exact) mass is 305 g/mol. The zero-order chi connectivity index (χ0) is 16.2. The smallest absolute Gasteiger partial charge is 0.335 e. The van der Waals surface area contributed by atoms with Gasteiger partial charge in [-0.3, -0.25) is 0 Å². The molecule has 23 heavy (non-hydrogen) atoms. The Morgan fingerprint density at radius 2 is 2.09 bits per heavy atom. The summed E-state index contributed by atoms with van der Waals surface area (Å²) in [7, 11) is 0. The second-order valence-corrected chi connectivity index (χ2v) is 4.69. The van der Waals surface area contributed by atoms with E-state index < -0.39 is 5.97 Å². The van der Waals surface area contributed by atoms with E-state index in [0.29, 0.717) is 16.8 Å².